The molecule has 0 bridgehead atoms. The summed E-state index contributed by atoms with van der Waals surface area (Å²) < 4.78 is 6.81. The zero-order chi connectivity index (χ0) is 17.9. The molecule has 0 aliphatic heterocycles. The van der Waals surface area contributed by atoms with Crippen molar-refractivity contribution in [2.75, 3.05) is 18.2 Å². The Balaban J connectivity index is 2.41. The number of nitrogens with one attached hydrogen (secondary N) is 1. The molecule has 130 valence electrons. The van der Waals surface area contributed by atoms with Gasteiger partial charge in [0, 0.05) is 24.7 Å². The van der Waals surface area contributed by atoms with E-state index in [-0.39, 0.29) is 5.41 Å². The molecule has 2 aromatic rings. The van der Waals surface area contributed by atoms with E-state index >= 15 is 0 Å². The first-order valence-corrected chi connectivity index (χ1v) is 8.88. The van der Waals surface area contributed by atoms with Crippen molar-refractivity contribution in [2.45, 2.75) is 38.3 Å². The van der Waals surface area contributed by atoms with Crippen LogP contribution in [0.2, 0.25) is 0 Å². The van der Waals surface area contributed by atoms with E-state index in [2.05, 4.69) is 41.2 Å². The molecule has 1 N–H and O–H groups in total. The van der Waals surface area contributed by atoms with Crippen LogP contribution in [0.1, 0.15) is 43.7 Å². The van der Waals surface area contributed by atoms with E-state index < -0.39 is 5.97 Å². The highest BCUT2D eigenvalue weighted by atomic mass is 32.2. The van der Waals surface area contributed by atoms with Gasteiger partial charge in [-0.15, -0.1) is 0 Å². The minimum Gasteiger partial charge on any atom is -0.462 e. The molecule has 2 aromatic heterocycles. The van der Waals surface area contributed by atoms with Gasteiger partial charge in [-0.05, 0) is 13.2 Å². The van der Waals surface area contributed by atoms with E-state index in [1.807, 2.05) is 19.4 Å². The maximum Gasteiger partial charge on any atom is 0.343 e. The molecule has 8 heteroatoms. The lowest BCUT2D eigenvalue weighted by atomic mass is 9.92. The zero-order valence-electron chi connectivity index (χ0n) is 14.9. The molecule has 2 heterocycles. The van der Waals surface area contributed by atoms with Crippen LogP contribution in [0.4, 0.5) is 11.6 Å². The topological polar surface area (TPSA) is 81.9 Å². The summed E-state index contributed by atoms with van der Waals surface area (Å²) in [6, 6.07) is 1.95. The molecule has 0 saturated carbocycles. The third-order valence-electron chi connectivity index (χ3n) is 3.34. The number of rotatable bonds is 5. The Labute approximate surface area is 146 Å². The zero-order valence-corrected chi connectivity index (χ0v) is 15.7. The third-order valence-corrected chi connectivity index (χ3v) is 3.90. The van der Waals surface area contributed by atoms with E-state index in [1.165, 1.54) is 18.0 Å². The Hall–Kier alpha value is -2.09. The summed E-state index contributed by atoms with van der Waals surface area (Å²) in [5, 5.41) is 8.28. The van der Waals surface area contributed by atoms with Crippen molar-refractivity contribution in [3.05, 3.63) is 23.5 Å². The largest absolute Gasteiger partial charge is 0.462 e. The van der Waals surface area contributed by atoms with Gasteiger partial charge in [-0.2, -0.15) is 5.10 Å². The van der Waals surface area contributed by atoms with Gasteiger partial charge >= 0.3 is 5.97 Å². The summed E-state index contributed by atoms with van der Waals surface area (Å²) in [5.41, 5.74) is 1.18. The Kier molecular flexibility index (Phi) is 5.48. The van der Waals surface area contributed by atoms with Crippen LogP contribution in [-0.4, -0.2) is 38.6 Å². The molecular formula is C16H23N5O2S. The maximum atomic E-state index is 12.1. The van der Waals surface area contributed by atoms with Crippen LogP contribution in [0.15, 0.2) is 17.4 Å². The molecule has 0 spiro atoms. The van der Waals surface area contributed by atoms with Gasteiger partial charge in [0.2, 0.25) is 0 Å². The van der Waals surface area contributed by atoms with Crippen molar-refractivity contribution in [3.63, 3.8) is 0 Å². The van der Waals surface area contributed by atoms with Crippen LogP contribution in [0, 0.1) is 0 Å². The molecule has 0 saturated heterocycles. The van der Waals surface area contributed by atoms with Gasteiger partial charge in [0.05, 0.1) is 12.3 Å². The van der Waals surface area contributed by atoms with Gasteiger partial charge < -0.3 is 10.1 Å². The van der Waals surface area contributed by atoms with Gasteiger partial charge in [0.1, 0.15) is 11.4 Å². The smallest absolute Gasteiger partial charge is 0.343 e. The standard InChI is InChI=1S/C16H23N5O2S/c1-7-23-14(22)10-9-17-15(24-6)19-13(10)18-12-8-11(16(2,3)4)20-21(12)5/h8-9H,7H2,1-6H3,(H,17,18,19). The van der Waals surface area contributed by atoms with Gasteiger partial charge in [-0.3, -0.25) is 4.68 Å². The highest BCUT2D eigenvalue weighted by Gasteiger charge is 2.21. The Morgan fingerprint density at radius 1 is 1.42 bits per heavy atom. The number of esters is 1. The molecule has 0 radical (unpaired) electrons. The summed E-state index contributed by atoms with van der Waals surface area (Å²) >= 11 is 1.40. The van der Waals surface area contributed by atoms with E-state index in [0.717, 1.165) is 11.5 Å². The summed E-state index contributed by atoms with van der Waals surface area (Å²) in [6.07, 6.45) is 3.37. The fourth-order valence-electron chi connectivity index (χ4n) is 1.99. The average Bonchev–Trinajstić information content (AvgIpc) is 2.88. The Morgan fingerprint density at radius 2 is 2.12 bits per heavy atom. The molecule has 0 unspecified atom stereocenters. The van der Waals surface area contributed by atoms with Gasteiger partial charge in [0.25, 0.3) is 0 Å². The van der Waals surface area contributed by atoms with Crippen LogP contribution < -0.4 is 5.32 Å². The normalized spacial score (nSPS) is 11.4. The summed E-state index contributed by atoms with van der Waals surface area (Å²) in [7, 11) is 1.85. The minimum absolute atomic E-state index is 0.0717. The monoisotopic (exact) mass is 349 g/mol. The van der Waals surface area contributed by atoms with Gasteiger partial charge in [-0.25, -0.2) is 14.8 Å². The highest BCUT2D eigenvalue weighted by molar-refractivity contribution is 7.98. The van der Waals surface area contributed by atoms with Crippen molar-refractivity contribution in [1.82, 2.24) is 19.7 Å². The summed E-state index contributed by atoms with van der Waals surface area (Å²) in [6.45, 7) is 8.35. The molecule has 2 rings (SSSR count). The molecule has 0 aliphatic carbocycles. The second kappa shape index (κ2) is 7.21. The fraction of sp³-hybridized carbons (Fsp3) is 0.500. The molecule has 0 amide bonds. The Morgan fingerprint density at radius 3 is 2.67 bits per heavy atom. The number of hydrogen-bond donors (Lipinski definition) is 1. The van der Waals surface area contributed by atoms with Crippen molar-refractivity contribution in [3.8, 4) is 0 Å². The first kappa shape index (κ1) is 18.3. The molecule has 0 fully saturated rings. The van der Waals surface area contributed by atoms with Crippen molar-refractivity contribution < 1.29 is 9.53 Å². The van der Waals surface area contributed by atoms with Crippen LogP contribution in [0.5, 0.6) is 0 Å². The molecule has 7 nitrogen and oxygen atoms in total. The molecule has 24 heavy (non-hydrogen) atoms. The number of thioether (sulfide) groups is 1. The van der Waals surface area contributed by atoms with E-state index in [0.29, 0.717) is 23.1 Å². The number of aryl methyl sites for hydroxylation is 1. The lowest BCUT2D eigenvalue weighted by Crippen LogP contribution is -2.12. The van der Waals surface area contributed by atoms with Crippen molar-refractivity contribution in [2.24, 2.45) is 7.05 Å². The number of carbonyl (C=O) groups is 1. The fourth-order valence-corrected chi connectivity index (χ4v) is 2.33. The summed E-state index contributed by atoms with van der Waals surface area (Å²) in [5.74, 6) is 0.707. The average molecular weight is 349 g/mol. The van der Waals surface area contributed by atoms with Crippen LogP contribution >= 0.6 is 11.8 Å². The van der Waals surface area contributed by atoms with Crippen molar-refractivity contribution >= 4 is 29.4 Å². The second-order valence-electron chi connectivity index (χ2n) is 6.25. The molecule has 0 atom stereocenters. The second-order valence-corrected chi connectivity index (χ2v) is 7.03. The number of ether oxygens (including phenoxy) is 1. The lowest BCUT2D eigenvalue weighted by Gasteiger charge is -2.13. The number of nitrogens with zero attached hydrogens (tertiary/aromatic N) is 4. The number of hydrogen-bond acceptors (Lipinski definition) is 7. The van der Waals surface area contributed by atoms with Gasteiger partial charge in [0.15, 0.2) is 11.0 Å². The first-order chi connectivity index (χ1) is 11.3. The van der Waals surface area contributed by atoms with Crippen LogP contribution in [0.25, 0.3) is 0 Å². The highest BCUT2D eigenvalue weighted by Crippen LogP contribution is 2.26. The first-order valence-electron chi connectivity index (χ1n) is 7.66. The maximum absolute atomic E-state index is 12.1. The summed E-state index contributed by atoms with van der Waals surface area (Å²) in [4.78, 5) is 20.7. The van der Waals surface area contributed by atoms with Gasteiger partial charge in [-0.1, -0.05) is 32.5 Å². The van der Waals surface area contributed by atoms with Crippen LogP contribution in [-0.2, 0) is 17.2 Å². The lowest BCUT2D eigenvalue weighted by molar-refractivity contribution is 0.0526. The Bertz CT molecular complexity index is 737. The van der Waals surface area contributed by atoms with E-state index in [1.54, 1.807) is 11.6 Å². The number of aromatic nitrogens is 4. The van der Waals surface area contributed by atoms with Crippen molar-refractivity contribution in [1.29, 1.82) is 0 Å². The van der Waals surface area contributed by atoms with E-state index in [9.17, 15) is 4.79 Å². The van der Waals surface area contributed by atoms with Crippen LogP contribution in [0.3, 0.4) is 0 Å². The van der Waals surface area contributed by atoms with E-state index in [4.69, 9.17) is 4.74 Å². The number of anilines is 2. The third kappa shape index (κ3) is 4.05. The molecular weight excluding hydrogens is 326 g/mol. The molecule has 0 aromatic carbocycles. The molecule has 0 aliphatic rings. The number of carbonyl (C=O) groups excluding carboxylic acids is 1. The quantitative estimate of drug-likeness (QED) is 0.504. The minimum atomic E-state index is -0.453. The SMILES string of the molecule is CCOC(=O)c1cnc(SC)nc1Nc1cc(C(C)(C)C)nn1C. The predicted molar refractivity (Wildman–Crippen MR) is 95.0 cm³/mol. The predicted octanol–water partition coefficient (Wildman–Crippen LogP) is 3.15.